The van der Waals surface area contributed by atoms with E-state index in [1.165, 1.54) is 51.4 Å². The van der Waals surface area contributed by atoms with Crippen molar-refractivity contribution in [3.05, 3.63) is 0 Å². The lowest BCUT2D eigenvalue weighted by Crippen LogP contribution is -2.53. The van der Waals surface area contributed by atoms with Crippen LogP contribution in [-0.4, -0.2) is 47.2 Å². The molecule has 7 rings (SSSR count). The quantitative estimate of drug-likeness (QED) is 0.663. The molecule has 9 atom stereocenters. The Morgan fingerprint density at radius 2 is 0.931 bits per heavy atom. The highest BCUT2D eigenvalue weighted by Crippen LogP contribution is 2.58. The summed E-state index contributed by atoms with van der Waals surface area (Å²) in [4.78, 5) is 0. The van der Waals surface area contributed by atoms with Crippen molar-refractivity contribution in [2.24, 2.45) is 23.7 Å². The average molecular weight is 405 g/mol. The first-order valence-electron chi connectivity index (χ1n) is 12.5. The van der Waals surface area contributed by atoms with Crippen molar-refractivity contribution in [3.63, 3.8) is 0 Å². The molecule has 0 bridgehead atoms. The number of hydrogen-bond donors (Lipinski definition) is 1. The minimum atomic E-state index is -0.636. The van der Waals surface area contributed by atoms with Crippen molar-refractivity contribution in [2.45, 2.75) is 126 Å². The number of rotatable bonds is 0. The van der Waals surface area contributed by atoms with Crippen LogP contribution in [0.5, 0.6) is 0 Å². The van der Waals surface area contributed by atoms with Crippen LogP contribution in [0.3, 0.4) is 0 Å². The first-order chi connectivity index (χ1) is 14.1. The summed E-state index contributed by atoms with van der Waals surface area (Å²) < 4.78 is 26.4. The third-order valence-corrected chi connectivity index (χ3v) is 9.73. The van der Waals surface area contributed by atoms with Crippen molar-refractivity contribution < 1.29 is 24.1 Å². The summed E-state index contributed by atoms with van der Waals surface area (Å²) in [6, 6.07) is 0. The highest BCUT2D eigenvalue weighted by molar-refractivity contribution is 5.08. The molecule has 5 heteroatoms. The zero-order valence-corrected chi connectivity index (χ0v) is 17.5. The lowest BCUT2D eigenvalue weighted by atomic mass is 9.82. The Morgan fingerprint density at radius 3 is 1.31 bits per heavy atom. The van der Waals surface area contributed by atoms with Gasteiger partial charge in [0.05, 0.1) is 12.2 Å². The molecule has 2 spiro atoms. The third-order valence-electron chi connectivity index (χ3n) is 9.73. The highest BCUT2D eigenvalue weighted by Gasteiger charge is 2.65. The van der Waals surface area contributed by atoms with Gasteiger partial charge in [-0.05, 0) is 49.4 Å². The molecule has 1 N–H and O–H groups in total. The largest absolute Gasteiger partial charge is 0.387 e. The monoisotopic (exact) mass is 404 g/mol. The van der Waals surface area contributed by atoms with Gasteiger partial charge in [0.2, 0.25) is 0 Å². The van der Waals surface area contributed by atoms with E-state index in [0.717, 1.165) is 55.8 Å². The van der Waals surface area contributed by atoms with E-state index in [-0.39, 0.29) is 24.4 Å². The predicted octanol–water partition coefficient (Wildman–Crippen LogP) is 3.91. The van der Waals surface area contributed by atoms with Crippen LogP contribution in [0.4, 0.5) is 0 Å². The highest BCUT2D eigenvalue weighted by atomic mass is 16.8. The van der Waals surface area contributed by atoms with Gasteiger partial charge in [-0.2, -0.15) is 0 Å². The predicted molar refractivity (Wildman–Crippen MR) is 105 cm³/mol. The molecule has 0 aromatic rings. The van der Waals surface area contributed by atoms with Gasteiger partial charge in [0.1, 0.15) is 18.3 Å². The first-order valence-corrected chi connectivity index (χ1v) is 12.5. The fourth-order valence-corrected chi connectivity index (χ4v) is 8.54. The molecule has 162 valence electrons. The maximum Gasteiger partial charge on any atom is 0.169 e. The second kappa shape index (κ2) is 6.41. The smallest absolute Gasteiger partial charge is 0.169 e. The van der Waals surface area contributed by atoms with Gasteiger partial charge in [0.25, 0.3) is 0 Å². The second-order valence-electron chi connectivity index (χ2n) is 11.5. The molecule has 2 heterocycles. The van der Waals surface area contributed by atoms with E-state index in [1.54, 1.807) is 0 Å². The SMILES string of the molecule is OC1[C@@H]2OC3(CC4CCCCC4C3)O[C@H]2C[C@H]2OC3(CC4CCCCC4C3)O[C@@H]12. The summed E-state index contributed by atoms with van der Waals surface area (Å²) >= 11 is 0. The lowest BCUT2D eigenvalue weighted by Gasteiger charge is -2.34. The van der Waals surface area contributed by atoms with Crippen molar-refractivity contribution in [2.75, 3.05) is 0 Å². The van der Waals surface area contributed by atoms with E-state index in [0.29, 0.717) is 0 Å². The molecule has 0 radical (unpaired) electrons. The molecule has 5 saturated carbocycles. The van der Waals surface area contributed by atoms with Crippen LogP contribution in [0, 0.1) is 23.7 Å². The summed E-state index contributed by atoms with van der Waals surface area (Å²) in [5.74, 6) is 2.09. The van der Waals surface area contributed by atoms with Crippen molar-refractivity contribution >= 4 is 0 Å². The number of hydrogen-bond acceptors (Lipinski definition) is 5. The minimum absolute atomic E-state index is 0.0474. The van der Waals surface area contributed by atoms with Crippen LogP contribution in [-0.2, 0) is 18.9 Å². The van der Waals surface area contributed by atoms with Gasteiger partial charge in [0, 0.05) is 32.1 Å². The zero-order valence-electron chi connectivity index (χ0n) is 17.5. The summed E-state index contributed by atoms with van der Waals surface area (Å²) in [6.07, 6.45) is 14.3. The van der Waals surface area contributed by atoms with Crippen molar-refractivity contribution in [1.29, 1.82) is 0 Å². The topological polar surface area (TPSA) is 57.2 Å². The first kappa shape index (κ1) is 18.4. The number of fused-ring (bicyclic) bond motifs is 4. The van der Waals surface area contributed by atoms with E-state index in [2.05, 4.69) is 0 Å². The van der Waals surface area contributed by atoms with Crippen molar-refractivity contribution in [3.8, 4) is 0 Å². The van der Waals surface area contributed by atoms with Crippen LogP contribution in [0.15, 0.2) is 0 Å². The molecule has 29 heavy (non-hydrogen) atoms. The van der Waals surface area contributed by atoms with E-state index in [9.17, 15) is 5.11 Å². The Labute approximate surface area is 173 Å². The summed E-state index contributed by atoms with van der Waals surface area (Å²) in [7, 11) is 0. The Balaban J connectivity index is 1.08. The molecule has 0 aromatic carbocycles. The van der Waals surface area contributed by atoms with Crippen LogP contribution < -0.4 is 0 Å². The van der Waals surface area contributed by atoms with Gasteiger partial charge in [-0.15, -0.1) is 0 Å². The molecule has 2 aliphatic heterocycles. The molecule has 0 amide bonds. The Kier molecular flexibility index (Phi) is 4.06. The fraction of sp³-hybridized carbons (Fsp3) is 1.00. The number of ether oxygens (including phenoxy) is 4. The zero-order chi connectivity index (χ0) is 19.2. The Morgan fingerprint density at radius 1 is 0.552 bits per heavy atom. The van der Waals surface area contributed by atoms with Crippen LogP contribution >= 0.6 is 0 Å². The standard InChI is InChI=1S/C24H36O5/c25-20-21-18(26-23(28-21)10-14-5-1-2-6-15(14)11-23)9-19-22(20)29-24(27-19)12-16-7-3-4-8-17(16)13-24/h14-22,25H,1-13H2/t14?,15?,16?,17?,18-,19+,20?,21-,22-,23?,24?/m1/s1. The van der Waals surface area contributed by atoms with E-state index >= 15 is 0 Å². The second-order valence-corrected chi connectivity index (χ2v) is 11.5. The number of aliphatic hydroxyl groups is 1. The maximum atomic E-state index is 11.2. The van der Waals surface area contributed by atoms with Gasteiger partial charge in [-0.25, -0.2) is 0 Å². The van der Waals surface area contributed by atoms with E-state index < -0.39 is 17.7 Å². The molecule has 0 aromatic heterocycles. The van der Waals surface area contributed by atoms with Gasteiger partial charge in [-0.3, -0.25) is 0 Å². The molecular formula is C24H36O5. The normalized spacial score (nSPS) is 60.9. The van der Waals surface area contributed by atoms with E-state index in [1.807, 2.05) is 0 Å². The molecule has 5 aliphatic carbocycles. The lowest BCUT2D eigenvalue weighted by molar-refractivity contribution is -0.201. The molecular weight excluding hydrogens is 368 g/mol. The average Bonchev–Trinajstić information content (AvgIpc) is 3.44. The number of aliphatic hydroxyl groups excluding tert-OH is 1. The third kappa shape index (κ3) is 2.77. The Hall–Kier alpha value is -0.200. The molecule has 5 unspecified atom stereocenters. The summed E-state index contributed by atoms with van der Waals surface area (Å²) in [5, 5.41) is 11.2. The molecule has 7 fully saturated rings. The Bertz CT molecular complexity index is 584. The van der Waals surface area contributed by atoms with Crippen LogP contribution in [0.25, 0.3) is 0 Å². The maximum absolute atomic E-state index is 11.2. The van der Waals surface area contributed by atoms with Gasteiger partial charge < -0.3 is 24.1 Å². The van der Waals surface area contributed by atoms with Crippen LogP contribution in [0.2, 0.25) is 0 Å². The molecule has 5 nitrogen and oxygen atoms in total. The van der Waals surface area contributed by atoms with Gasteiger partial charge in [-0.1, -0.05) is 25.7 Å². The molecule has 2 saturated heterocycles. The fourth-order valence-electron chi connectivity index (χ4n) is 8.54. The van der Waals surface area contributed by atoms with Gasteiger partial charge in [0.15, 0.2) is 11.6 Å². The van der Waals surface area contributed by atoms with E-state index in [4.69, 9.17) is 18.9 Å². The van der Waals surface area contributed by atoms with Crippen LogP contribution in [0.1, 0.15) is 83.5 Å². The summed E-state index contributed by atoms with van der Waals surface area (Å²) in [6.45, 7) is 0. The minimum Gasteiger partial charge on any atom is -0.387 e. The van der Waals surface area contributed by atoms with Gasteiger partial charge >= 0.3 is 0 Å². The summed E-state index contributed by atoms with van der Waals surface area (Å²) in [5.41, 5.74) is 0. The van der Waals surface area contributed by atoms with Crippen molar-refractivity contribution in [1.82, 2.24) is 0 Å². The molecule has 7 aliphatic rings.